The van der Waals surface area contributed by atoms with E-state index < -0.39 is 6.09 Å². The molecule has 0 radical (unpaired) electrons. The molecular formula is C12H15FN2O3. The lowest BCUT2D eigenvalue weighted by Gasteiger charge is -2.15. The molecule has 18 heavy (non-hydrogen) atoms. The van der Waals surface area contributed by atoms with Crippen molar-refractivity contribution in [2.45, 2.75) is 19.1 Å². The van der Waals surface area contributed by atoms with Crippen molar-refractivity contribution in [2.75, 3.05) is 13.2 Å². The van der Waals surface area contributed by atoms with E-state index in [1.165, 1.54) is 18.2 Å². The van der Waals surface area contributed by atoms with Gasteiger partial charge in [0.15, 0.2) is 6.10 Å². The van der Waals surface area contributed by atoms with Crippen LogP contribution >= 0.6 is 0 Å². The smallest absolute Gasteiger partial charge is 0.407 e. The Morgan fingerprint density at radius 3 is 3.06 bits per heavy atom. The van der Waals surface area contributed by atoms with Crippen molar-refractivity contribution in [3.05, 3.63) is 29.6 Å². The van der Waals surface area contributed by atoms with Gasteiger partial charge in [-0.2, -0.15) is 0 Å². The molecule has 0 saturated carbocycles. The lowest BCUT2D eigenvalue weighted by molar-refractivity contribution is 0.104. The molecule has 1 heterocycles. The molecule has 1 amide bonds. The van der Waals surface area contributed by atoms with Gasteiger partial charge in [0.2, 0.25) is 0 Å². The van der Waals surface area contributed by atoms with E-state index >= 15 is 0 Å². The average molecular weight is 254 g/mol. The summed E-state index contributed by atoms with van der Waals surface area (Å²) in [5, 5.41) is 2.53. The van der Waals surface area contributed by atoms with Crippen molar-refractivity contribution in [3.63, 3.8) is 0 Å². The molecule has 6 heteroatoms. The van der Waals surface area contributed by atoms with Crippen LogP contribution in [0.4, 0.5) is 9.18 Å². The molecule has 1 aromatic carbocycles. The summed E-state index contributed by atoms with van der Waals surface area (Å²) in [5.41, 5.74) is 6.33. The first-order valence-electron chi connectivity index (χ1n) is 5.68. The van der Waals surface area contributed by atoms with Crippen molar-refractivity contribution in [1.29, 1.82) is 0 Å². The number of nitrogens with one attached hydrogen (secondary N) is 1. The van der Waals surface area contributed by atoms with Gasteiger partial charge in [-0.25, -0.2) is 9.18 Å². The molecule has 1 aliphatic heterocycles. The number of ether oxygens (including phenoxy) is 2. The number of nitrogens with two attached hydrogens (primary N) is 1. The van der Waals surface area contributed by atoms with Crippen molar-refractivity contribution in [2.24, 2.45) is 5.73 Å². The van der Waals surface area contributed by atoms with E-state index in [0.29, 0.717) is 17.9 Å². The molecule has 2 rings (SSSR count). The summed E-state index contributed by atoms with van der Waals surface area (Å²) in [6.07, 6.45) is -0.779. The highest BCUT2D eigenvalue weighted by molar-refractivity contribution is 5.69. The number of alkyl carbamates (subject to hydrolysis) is 1. The molecule has 1 unspecified atom stereocenters. The van der Waals surface area contributed by atoms with Crippen LogP contribution in [0.1, 0.15) is 18.5 Å². The Balaban J connectivity index is 2.02. The van der Waals surface area contributed by atoms with E-state index in [1.807, 2.05) is 0 Å². The van der Waals surface area contributed by atoms with E-state index in [1.54, 1.807) is 6.92 Å². The first-order valence-corrected chi connectivity index (χ1v) is 5.68. The zero-order valence-corrected chi connectivity index (χ0v) is 9.98. The van der Waals surface area contributed by atoms with Crippen LogP contribution in [0.3, 0.4) is 0 Å². The summed E-state index contributed by atoms with van der Waals surface area (Å²) in [6, 6.07) is 3.84. The van der Waals surface area contributed by atoms with Gasteiger partial charge in [-0.05, 0) is 25.1 Å². The quantitative estimate of drug-likeness (QED) is 0.850. The summed E-state index contributed by atoms with van der Waals surface area (Å²) in [5.74, 6) is 0.151. The van der Waals surface area contributed by atoms with Gasteiger partial charge in [-0.3, -0.25) is 0 Å². The third-order valence-corrected chi connectivity index (χ3v) is 2.63. The lowest BCUT2D eigenvalue weighted by Crippen LogP contribution is -2.22. The lowest BCUT2D eigenvalue weighted by atomic mass is 10.1. The maximum Gasteiger partial charge on any atom is 0.407 e. The van der Waals surface area contributed by atoms with Gasteiger partial charge in [0.05, 0.1) is 6.54 Å². The van der Waals surface area contributed by atoms with Gasteiger partial charge in [0.1, 0.15) is 18.2 Å². The Hall–Kier alpha value is -1.82. The van der Waals surface area contributed by atoms with E-state index in [2.05, 4.69) is 5.32 Å². The van der Waals surface area contributed by atoms with E-state index in [-0.39, 0.29) is 24.6 Å². The third-order valence-electron chi connectivity index (χ3n) is 2.63. The number of rotatable bonds is 4. The zero-order chi connectivity index (χ0) is 13.1. The monoisotopic (exact) mass is 254 g/mol. The molecule has 1 saturated heterocycles. The predicted molar refractivity (Wildman–Crippen MR) is 62.8 cm³/mol. The fourth-order valence-electron chi connectivity index (χ4n) is 1.71. The number of cyclic esters (lactones) is 1. The molecule has 0 aliphatic carbocycles. The molecule has 2 atom stereocenters. The number of benzene rings is 1. The van der Waals surface area contributed by atoms with Crippen LogP contribution in [0.5, 0.6) is 5.75 Å². The predicted octanol–water partition coefficient (Wildman–Crippen LogP) is 1.33. The number of halogens is 1. The highest BCUT2D eigenvalue weighted by atomic mass is 19.1. The number of hydrogen-bond acceptors (Lipinski definition) is 4. The van der Waals surface area contributed by atoms with Gasteiger partial charge in [0, 0.05) is 11.6 Å². The minimum Gasteiger partial charge on any atom is -0.489 e. The normalized spacial score (nSPS) is 20.2. The molecule has 5 nitrogen and oxygen atoms in total. The standard InChI is InChI=1S/C12H15FN2O3/c1-7(14)10-4-8(13)2-3-11(10)17-6-9-5-15-12(16)18-9/h2-4,7,9H,5-6,14H2,1H3,(H,15,16)/t7-,9?/m1/s1. The summed E-state index contributed by atoms with van der Waals surface area (Å²) < 4.78 is 23.6. The summed E-state index contributed by atoms with van der Waals surface area (Å²) >= 11 is 0. The molecule has 1 fully saturated rings. The zero-order valence-electron chi connectivity index (χ0n) is 9.98. The number of carbonyl (C=O) groups is 1. The van der Waals surface area contributed by atoms with Crippen LogP contribution in [-0.4, -0.2) is 25.3 Å². The van der Waals surface area contributed by atoms with Gasteiger partial charge < -0.3 is 20.5 Å². The molecule has 0 spiro atoms. The first kappa shape index (κ1) is 12.6. The topological polar surface area (TPSA) is 73.6 Å². The van der Waals surface area contributed by atoms with Crippen LogP contribution in [0.2, 0.25) is 0 Å². The summed E-state index contributed by atoms with van der Waals surface area (Å²) in [7, 11) is 0. The Morgan fingerprint density at radius 1 is 1.67 bits per heavy atom. The van der Waals surface area contributed by atoms with E-state index in [4.69, 9.17) is 15.2 Å². The molecular weight excluding hydrogens is 239 g/mol. The van der Waals surface area contributed by atoms with Gasteiger partial charge >= 0.3 is 6.09 Å². The van der Waals surface area contributed by atoms with Gasteiger partial charge in [0.25, 0.3) is 0 Å². The van der Waals surface area contributed by atoms with Crippen LogP contribution in [0.25, 0.3) is 0 Å². The van der Waals surface area contributed by atoms with Crippen LogP contribution in [0, 0.1) is 5.82 Å². The Morgan fingerprint density at radius 2 is 2.44 bits per heavy atom. The highest BCUT2D eigenvalue weighted by Crippen LogP contribution is 2.25. The summed E-state index contributed by atoms with van der Waals surface area (Å²) in [4.78, 5) is 10.8. The molecule has 0 bridgehead atoms. The molecule has 0 aromatic heterocycles. The Bertz CT molecular complexity index is 451. The van der Waals surface area contributed by atoms with Gasteiger partial charge in [-0.15, -0.1) is 0 Å². The second kappa shape index (κ2) is 5.22. The second-order valence-corrected chi connectivity index (χ2v) is 4.19. The van der Waals surface area contributed by atoms with Crippen LogP contribution in [0.15, 0.2) is 18.2 Å². The minimum atomic E-state index is -0.449. The van der Waals surface area contributed by atoms with Crippen molar-refractivity contribution >= 4 is 6.09 Å². The SMILES string of the molecule is C[C@@H](N)c1cc(F)ccc1OCC1CNC(=O)O1. The summed E-state index contributed by atoms with van der Waals surface area (Å²) in [6.45, 7) is 2.37. The van der Waals surface area contributed by atoms with Crippen LogP contribution < -0.4 is 15.8 Å². The first-order chi connectivity index (χ1) is 8.56. The maximum atomic E-state index is 13.1. The number of hydrogen-bond donors (Lipinski definition) is 2. The Kier molecular flexibility index (Phi) is 3.66. The highest BCUT2D eigenvalue weighted by Gasteiger charge is 2.23. The van der Waals surface area contributed by atoms with E-state index in [9.17, 15) is 9.18 Å². The maximum absolute atomic E-state index is 13.1. The number of amides is 1. The van der Waals surface area contributed by atoms with Crippen molar-refractivity contribution < 1.29 is 18.7 Å². The largest absolute Gasteiger partial charge is 0.489 e. The molecule has 1 aromatic rings. The van der Waals surface area contributed by atoms with Crippen LogP contribution in [-0.2, 0) is 4.74 Å². The molecule has 98 valence electrons. The van der Waals surface area contributed by atoms with Crippen molar-refractivity contribution in [3.8, 4) is 5.75 Å². The van der Waals surface area contributed by atoms with Crippen molar-refractivity contribution in [1.82, 2.24) is 5.32 Å². The molecule has 3 N–H and O–H groups in total. The number of carbonyl (C=O) groups excluding carboxylic acids is 1. The average Bonchev–Trinajstić information content (AvgIpc) is 2.73. The second-order valence-electron chi connectivity index (χ2n) is 4.19. The third kappa shape index (κ3) is 2.89. The minimum absolute atomic E-state index is 0.212. The van der Waals surface area contributed by atoms with E-state index in [0.717, 1.165) is 0 Å². The Labute approximate surface area is 104 Å². The molecule has 1 aliphatic rings. The fourth-order valence-corrected chi connectivity index (χ4v) is 1.71. The van der Waals surface area contributed by atoms with Gasteiger partial charge in [-0.1, -0.05) is 0 Å². The fraction of sp³-hybridized carbons (Fsp3) is 0.417.